The molecule has 3 rings (SSSR count). The van der Waals surface area contributed by atoms with Gasteiger partial charge in [-0.25, -0.2) is 4.68 Å². The van der Waals surface area contributed by atoms with Gasteiger partial charge in [-0.15, -0.1) is 0 Å². The van der Waals surface area contributed by atoms with Gasteiger partial charge in [-0.05, 0) is 47.0 Å². The Hall–Kier alpha value is -1.13. The lowest BCUT2D eigenvalue weighted by molar-refractivity contribution is 0.276. The van der Waals surface area contributed by atoms with Crippen LogP contribution in [0, 0.1) is 0 Å². The molecule has 4 heteroatoms. The molecule has 3 nitrogen and oxygen atoms in total. The Morgan fingerprint density at radius 2 is 2.12 bits per heavy atom. The van der Waals surface area contributed by atoms with E-state index < -0.39 is 0 Å². The lowest BCUT2D eigenvalue weighted by Crippen LogP contribution is -2.02. The number of benzene rings is 1. The molecule has 0 radical (unpaired) electrons. The number of aliphatic hydroxyl groups excluding tert-OH is 1. The first-order chi connectivity index (χ1) is 8.29. The van der Waals surface area contributed by atoms with Crippen LogP contribution in [0.15, 0.2) is 34.8 Å². The molecule has 1 N–H and O–H groups in total. The molecule has 1 heterocycles. The average Bonchev–Trinajstić information content (AvgIpc) is 3.10. The monoisotopic (exact) mass is 292 g/mol. The fourth-order valence-corrected chi connectivity index (χ4v) is 2.46. The number of rotatable bonds is 3. The molecule has 0 aliphatic heterocycles. The second kappa shape index (κ2) is 4.27. The van der Waals surface area contributed by atoms with Gasteiger partial charge in [0.15, 0.2) is 0 Å². The maximum atomic E-state index is 9.21. The Morgan fingerprint density at radius 3 is 2.76 bits per heavy atom. The SMILES string of the molecule is OCc1cc(C2CC2)n(-c2ccccc2Br)n1. The molecule has 0 amide bonds. The summed E-state index contributed by atoms with van der Waals surface area (Å²) in [5, 5.41) is 13.7. The highest BCUT2D eigenvalue weighted by molar-refractivity contribution is 9.10. The van der Waals surface area contributed by atoms with Crippen LogP contribution in [0.25, 0.3) is 5.69 Å². The summed E-state index contributed by atoms with van der Waals surface area (Å²) in [6.45, 7) is -0.00280. The fraction of sp³-hybridized carbons (Fsp3) is 0.308. The van der Waals surface area contributed by atoms with Crippen LogP contribution in [0.2, 0.25) is 0 Å². The number of halogens is 1. The normalized spacial score (nSPS) is 15.2. The van der Waals surface area contributed by atoms with Crippen molar-refractivity contribution in [1.82, 2.24) is 9.78 Å². The smallest absolute Gasteiger partial charge is 0.0886 e. The van der Waals surface area contributed by atoms with Gasteiger partial charge in [-0.3, -0.25) is 0 Å². The van der Waals surface area contributed by atoms with Crippen LogP contribution >= 0.6 is 15.9 Å². The number of aliphatic hydroxyl groups is 1. The van der Waals surface area contributed by atoms with Gasteiger partial charge in [0.2, 0.25) is 0 Å². The Balaban J connectivity index is 2.12. The van der Waals surface area contributed by atoms with Gasteiger partial charge in [-0.1, -0.05) is 12.1 Å². The van der Waals surface area contributed by atoms with E-state index in [1.54, 1.807) is 0 Å². The summed E-state index contributed by atoms with van der Waals surface area (Å²) < 4.78 is 2.97. The third-order valence-corrected chi connectivity index (χ3v) is 3.70. The Labute approximate surface area is 108 Å². The van der Waals surface area contributed by atoms with Crippen LogP contribution in [0.3, 0.4) is 0 Å². The van der Waals surface area contributed by atoms with E-state index in [1.807, 2.05) is 35.0 Å². The van der Waals surface area contributed by atoms with Gasteiger partial charge in [0.05, 0.1) is 18.0 Å². The molecule has 0 spiro atoms. The summed E-state index contributed by atoms with van der Waals surface area (Å²) >= 11 is 3.54. The minimum Gasteiger partial charge on any atom is -0.390 e. The van der Waals surface area contributed by atoms with Crippen LogP contribution in [-0.4, -0.2) is 14.9 Å². The third kappa shape index (κ3) is 2.03. The summed E-state index contributed by atoms with van der Waals surface area (Å²) in [4.78, 5) is 0. The van der Waals surface area contributed by atoms with E-state index in [1.165, 1.54) is 18.5 Å². The maximum absolute atomic E-state index is 9.21. The largest absolute Gasteiger partial charge is 0.390 e. The lowest BCUT2D eigenvalue weighted by atomic mass is 10.2. The molecule has 0 atom stereocenters. The van der Waals surface area contributed by atoms with E-state index in [2.05, 4.69) is 21.0 Å². The number of hydrogen-bond donors (Lipinski definition) is 1. The summed E-state index contributed by atoms with van der Waals surface area (Å²) in [6, 6.07) is 10.0. The topological polar surface area (TPSA) is 38.0 Å². The van der Waals surface area contributed by atoms with E-state index in [0.29, 0.717) is 5.92 Å². The molecule has 1 aromatic heterocycles. The summed E-state index contributed by atoms with van der Waals surface area (Å²) in [7, 11) is 0. The highest BCUT2D eigenvalue weighted by atomic mass is 79.9. The van der Waals surface area contributed by atoms with Gasteiger partial charge in [0.25, 0.3) is 0 Å². The summed E-state index contributed by atoms with van der Waals surface area (Å²) in [6.07, 6.45) is 2.45. The van der Waals surface area contributed by atoms with E-state index in [0.717, 1.165) is 15.9 Å². The van der Waals surface area contributed by atoms with Crippen LogP contribution in [0.4, 0.5) is 0 Å². The number of nitrogens with zero attached hydrogens (tertiary/aromatic N) is 2. The number of para-hydroxylation sites is 1. The Bertz CT molecular complexity index is 546. The second-order valence-electron chi connectivity index (χ2n) is 4.36. The maximum Gasteiger partial charge on any atom is 0.0886 e. The Morgan fingerprint density at radius 1 is 1.35 bits per heavy atom. The van der Waals surface area contributed by atoms with Crippen LogP contribution < -0.4 is 0 Å². The van der Waals surface area contributed by atoms with E-state index in [-0.39, 0.29) is 6.61 Å². The van der Waals surface area contributed by atoms with Crippen molar-refractivity contribution in [3.05, 3.63) is 46.2 Å². The van der Waals surface area contributed by atoms with Crippen molar-refractivity contribution in [3.8, 4) is 5.69 Å². The van der Waals surface area contributed by atoms with Crippen molar-refractivity contribution < 1.29 is 5.11 Å². The summed E-state index contributed by atoms with van der Waals surface area (Å²) in [5.74, 6) is 0.606. The van der Waals surface area contributed by atoms with E-state index >= 15 is 0 Å². The quantitative estimate of drug-likeness (QED) is 0.944. The third-order valence-electron chi connectivity index (χ3n) is 3.03. The van der Waals surface area contributed by atoms with Gasteiger partial charge < -0.3 is 5.11 Å². The molecule has 1 aliphatic carbocycles. The second-order valence-corrected chi connectivity index (χ2v) is 5.21. The molecule has 0 bridgehead atoms. The molecular weight excluding hydrogens is 280 g/mol. The van der Waals surface area contributed by atoms with Crippen molar-refractivity contribution in [2.24, 2.45) is 0 Å². The Kier molecular flexibility index (Phi) is 2.76. The highest BCUT2D eigenvalue weighted by Gasteiger charge is 2.28. The van der Waals surface area contributed by atoms with Gasteiger partial charge in [0, 0.05) is 16.1 Å². The molecule has 1 aliphatic rings. The first kappa shape index (κ1) is 11.0. The van der Waals surface area contributed by atoms with E-state index in [9.17, 15) is 5.11 Å². The van der Waals surface area contributed by atoms with Crippen LogP contribution in [0.1, 0.15) is 30.1 Å². The highest BCUT2D eigenvalue weighted by Crippen LogP contribution is 2.41. The van der Waals surface area contributed by atoms with Crippen LogP contribution in [-0.2, 0) is 6.61 Å². The van der Waals surface area contributed by atoms with Gasteiger partial charge in [0.1, 0.15) is 0 Å². The lowest BCUT2D eigenvalue weighted by Gasteiger charge is -2.08. The molecule has 88 valence electrons. The predicted molar refractivity (Wildman–Crippen MR) is 69.2 cm³/mol. The molecular formula is C13H13BrN2O. The molecule has 1 aromatic carbocycles. The minimum atomic E-state index is -0.00280. The zero-order chi connectivity index (χ0) is 11.8. The van der Waals surface area contributed by atoms with Crippen molar-refractivity contribution in [2.75, 3.05) is 0 Å². The van der Waals surface area contributed by atoms with E-state index in [4.69, 9.17) is 0 Å². The zero-order valence-electron chi connectivity index (χ0n) is 9.31. The summed E-state index contributed by atoms with van der Waals surface area (Å²) in [5.41, 5.74) is 2.98. The number of aromatic nitrogens is 2. The fourth-order valence-electron chi connectivity index (χ4n) is 2.01. The molecule has 17 heavy (non-hydrogen) atoms. The number of hydrogen-bond acceptors (Lipinski definition) is 2. The van der Waals surface area contributed by atoms with Crippen LogP contribution in [0.5, 0.6) is 0 Å². The van der Waals surface area contributed by atoms with Gasteiger partial charge >= 0.3 is 0 Å². The van der Waals surface area contributed by atoms with Crippen molar-refractivity contribution >= 4 is 15.9 Å². The molecule has 0 unspecified atom stereocenters. The van der Waals surface area contributed by atoms with Crippen molar-refractivity contribution in [1.29, 1.82) is 0 Å². The first-order valence-corrected chi connectivity index (χ1v) is 6.53. The first-order valence-electron chi connectivity index (χ1n) is 5.74. The average molecular weight is 293 g/mol. The molecule has 1 saturated carbocycles. The molecule has 2 aromatic rings. The van der Waals surface area contributed by atoms with Crippen molar-refractivity contribution in [3.63, 3.8) is 0 Å². The predicted octanol–water partition coefficient (Wildman–Crippen LogP) is 3.00. The molecule has 1 fully saturated rings. The zero-order valence-corrected chi connectivity index (χ0v) is 10.9. The minimum absolute atomic E-state index is 0.00280. The molecule has 0 saturated heterocycles. The van der Waals surface area contributed by atoms with Crippen molar-refractivity contribution in [2.45, 2.75) is 25.4 Å². The van der Waals surface area contributed by atoms with Gasteiger partial charge in [-0.2, -0.15) is 5.10 Å². The standard InChI is InChI=1S/C13H13BrN2O/c14-11-3-1-2-4-12(11)16-13(9-5-6-9)7-10(8-17)15-16/h1-4,7,9,17H,5-6,8H2.